The Labute approximate surface area is 148 Å². The number of nitrogens with zero attached hydrogens (tertiary/aromatic N) is 1. The second-order valence-corrected chi connectivity index (χ2v) is 8.36. The molecule has 0 spiro atoms. The van der Waals surface area contributed by atoms with Crippen LogP contribution in [-0.4, -0.2) is 64.7 Å². The number of nitrogens with one attached hydrogen (secondary N) is 2. The van der Waals surface area contributed by atoms with Gasteiger partial charge in [-0.1, -0.05) is 0 Å². The van der Waals surface area contributed by atoms with Crippen LogP contribution < -0.4 is 10.0 Å². The lowest BCUT2D eigenvalue weighted by atomic mass is 10.1. The van der Waals surface area contributed by atoms with Gasteiger partial charge in [0.2, 0.25) is 10.0 Å². The highest BCUT2D eigenvalue weighted by molar-refractivity contribution is 7.89. The fourth-order valence-electron chi connectivity index (χ4n) is 3.45. The molecule has 2 atom stereocenters. The smallest absolute Gasteiger partial charge is 0.253 e. The van der Waals surface area contributed by atoms with Gasteiger partial charge in [0.25, 0.3) is 5.91 Å². The molecular formula is C17H25N3O4S. The summed E-state index contributed by atoms with van der Waals surface area (Å²) in [5.41, 5.74) is 0.522. The standard InChI is InChI=1S/C17H25N3O4S/c1-24-11-9-18-25(22,23)16-6-2-13(3-7-16)17(21)20-10-8-14-4-5-15(12-20)19-14/h2-3,6-7,14-15,18-19H,4-5,8-12H2,1H3. The Kier molecular flexibility index (Phi) is 5.73. The Morgan fingerprint density at radius 3 is 2.68 bits per heavy atom. The number of sulfonamides is 1. The van der Waals surface area contributed by atoms with Gasteiger partial charge >= 0.3 is 0 Å². The third kappa shape index (κ3) is 4.38. The summed E-state index contributed by atoms with van der Waals surface area (Å²) in [6.45, 7) is 1.98. The van der Waals surface area contributed by atoms with Gasteiger partial charge in [-0.2, -0.15) is 0 Å². The lowest BCUT2D eigenvalue weighted by Crippen LogP contribution is -2.39. The van der Waals surface area contributed by atoms with Crippen LogP contribution >= 0.6 is 0 Å². The van der Waals surface area contributed by atoms with E-state index < -0.39 is 10.0 Å². The van der Waals surface area contributed by atoms with E-state index in [4.69, 9.17) is 4.74 Å². The number of hydrogen-bond donors (Lipinski definition) is 2. The summed E-state index contributed by atoms with van der Waals surface area (Å²) in [6, 6.07) is 7.03. The minimum Gasteiger partial charge on any atom is -0.383 e. The minimum atomic E-state index is -3.58. The molecule has 7 nitrogen and oxygen atoms in total. The number of methoxy groups -OCH3 is 1. The molecule has 0 aromatic heterocycles. The van der Waals surface area contributed by atoms with Crippen molar-refractivity contribution in [3.8, 4) is 0 Å². The lowest BCUT2D eigenvalue weighted by Gasteiger charge is -2.24. The van der Waals surface area contributed by atoms with Crippen LogP contribution in [0.5, 0.6) is 0 Å². The van der Waals surface area contributed by atoms with Crippen LogP contribution in [0.25, 0.3) is 0 Å². The van der Waals surface area contributed by atoms with Crippen molar-refractivity contribution in [3.63, 3.8) is 0 Å². The van der Waals surface area contributed by atoms with E-state index in [1.54, 1.807) is 12.1 Å². The number of carbonyl (C=O) groups is 1. The molecule has 2 saturated heterocycles. The van der Waals surface area contributed by atoms with Crippen LogP contribution in [-0.2, 0) is 14.8 Å². The number of rotatable bonds is 6. The zero-order valence-corrected chi connectivity index (χ0v) is 15.2. The Morgan fingerprint density at radius 1 is 1.24 bits per heavy atom. The van der Waals surface area contributed by atoms with Gasteiger partial charge in [-0.05, 0) is 43.5 Å². The molecule has 2 heterocycles. The molecule has 1 aromatic carbocycles. The number of likely N-dealkylation sites (tertiary alicyclic amines) is 1. The monoisotopic (exact) mass is 367 g/mol. The van der Waals surface area contributed by atoms with Crippen molar-refractivity contribution >= 4 is 15.9 Å². The summed E-state index contributed by atoms with van der Waals surface area (Å²) in [5.74, 6) is -0.0364. The molecule has 1 amide bonds. The van der Waals surface area contributed by atoms with E-state index in [1.165, 1.54) is 25.7 Å². The van der Waals surface area contributed by atoms with Crippen molar-refractivity contribution in [3.05, 3.63) is 29.8 Å². The highest BCUT2D eigenvalue weighted by atomic mass is 32.2. The number of carbonyl (C=O) groups excluding carboxylic acids is 1. The SMILES string of the molecule is COCCNS(=O)(=O)c1ccc(C(=O)N2CCC3CCC(C2)N3)cc1. The normalized spacial score (nSPS) is 23.5. The Balaban J connectivity index is 1.66. The zero-order chi connectivity index (χ0) is 17.9. The molecule has 25 heavy (non-hydrogen) atoms. The van der Waals surface area contributed by atoms with Crippen molar-refractivity contribution < 1.29 is 17.9 Å². The van der Waals surface area contributed by atoms with E-state index in [1.807, 2.05) is 4.90 Å². The number of amides is 1. The molecule has 2 aliphatic heterocycles. The Hall–Kier alpha value is -1.48. The first-order chi connectivity index (χ1) is 12.0. The van der Waals surface area contributed by atoms with Crippen molar-refractivity contribution in [2.24, 2.45) is 0 Å². The summed E-state index contributed by atoms with van der Waals surface area (Å²) in [7, 11) is -2.06. The maximum absolute atomic E-state index is 12.7. The molecule has 2 bridgehead atoms. The molecule has 8 heteroatoms. The first-order valence-electron chi connectivity index (χ1n) is 8.63. The van der Waals surface area contributed by atoms with Gasteiger partial charge in [0.1, 0.15) is 0 Å². The molecule has 2 fully saturated rings. The van der Waals surface area contributed by atoms with Gasteiger partial charge in [0, 0.05) is 44.4 Å². The van der Waals surface area contributed by atoms with Gasteiger partial charge < -0.3 is 15.0 Å². The van der Waals surface area contributed by atoms with Crippen LogP contribution in [0.4, 0.5) is 0 Å². The summed E-state index contributed by atoms with van der Waals surface area (Å²) in [4.78, 5) is 14.7. The van der Waals surface area contributed by atoms with Gasteiger partial charge in [-0.3, -0.25) is 4.79 Å². The second kappa shape index (κ2) is 7.82. The number of ether oxygens (including phenoxy) is 1. The average molecular weight is 367 g/mol. The molecule has 2 N–H and O–H groups in total. The maximum Gasteiger partial charge on any atom is 0.253 e. The minimum absolute atomic E-state index is 0.0364. The Morgan fingerprint density at radius 2 is 1.96 bits per heavy atom. The summed E-state index contributed by atoms with van der Waals surface area (Å²) in [5, 5.41) is 3.55. The molecule has 138 valence electrons. The van der Waals surface area contributed by atoms with E-state index in [9.17, 15) is 13.2 Å². The fourth-order valence-corrected chi connectivity index (χ4v) is 4.46. The van der Waals surface area contributed by atoms with E-state index in [-0.39, 0.29) is 17.3 Å². The van der Waals surface area contributed by atoms with Crippen LogP contribution in [0.2, 0.25) is 0 Å². The third-order valence-electron chi connectivity index (χ3n) is 4.82. The van der Waals surface area contributed by atoms with Gasteiger partial charge in [0.05, 0.1) is 11.5 Å². The van der Waals surface area contributed by atoms with Crippen LogP contribution in [0, 0.1) is 0 Å². The Bertz CT molecular complexity index is 705. The first kappa shape index (κ1) is 18.3. The van der Waals surface area contributed by atoms with E-state index >= 15 is 0 Å². The van der Waals surface area contributed by atoms with Crippen molar-refractivity contribution in [1.29, 1.82) is 0 Å². The maximum atomic E-state index is 12.7. The fraction of sp³-hybridized carbons (Fsp3) is 0.588. The van der Waals surface area contributed by atoms with Crippen LogP contribution in [0.3, 0.4) is 0 Å². The van der Waals surface area contributed by atoms with Crippen LogP contribution in [0.1, 0.15) is 29.6 Å². The van der Waals surface area contributed by atoms with Gasteiger partial charge in [-0.25, -0.2) is 13.1 Å². The summed E-state index contributed by atoms with van der Waals surface area (Å²) < 4.78 is 31.6. The van der Waals surface area contributed by atoms with Crippen molar-refractivity contribution in [1.82, 2.24) is 14.9 Å². The predicted molar refractivity (Wildman–Crippen MR) is 94.0 cm³/mol. The molecule has 2 aliphatic rings. The first-order valence-corrected chi connectivity index (χ1v) is 10.1. The second-order valence-electron chi connectivity index (χ2n) is 6.59. The molecule has 1 aromatic rings. The van der Waals surface area contributed by atoms with Crippen molar-refractivity contribution in [2.75, 3.05) is 33.4 Å². The summed E-state index contributed by atoms with van der Waals surface area (Å²) >= 11 is 0. The molecule has 0 radical (unpaired) electrons. The third-order valence-corrected chi connectivity index (χ3v) is 6.30. The van der Waals surface area contributed by atoms with E-state index in [0.29, 0.717) is 30.8 Å². The number of benzene rings is 1. The highest BCUT2D eigenvalue weighted by Crippen LogP contribution is 2.22. The van der Waals surface area contributed by atoms with Gasteiger partial charge in [0.15, 0.2) is 0 Å². The van der Waals surface area contributed by atoms with E-state index in [2.05, 4.69) is 10.0 Å². The van der Waals surface area contributed by atoms with Gasteiger partial charge in [-0.15, -0.1) is 0 Å². The highest BCUT2D eigenvalue weighted by Gasteiger charge is 2.31. The van der Waals surface area contributed by atoms with E-state index in [0.717, 1.165) is 19.4 Å². The average Bonchev–Trinajstić information content (AvgIpc) is 2.93. The van der Waals surface area contributed by atoms with Crippen LogP contribution in [0.15, 0.2) is 29.2 Å². The number of hydrogen-bond acceptors (Lipinski definition) is 5. The molecule has 3 rings (SSSR count). The zero-order valence-electron chi connectivity index (χ0n) is 14.4. The number of fused-ring (bicyclic) bond motifs is 2. The molecule has 0 aliphatic carbocycles. The summed E-state index contributed by atoms with van der Waals surface area (Å²) in [6.07, 6.45) is 3.27. The lowest BCUT2D eigenvalue weighted by molar-refractivity contribution is 0.0748. The molecular weight excluding hydrogens is 342 g/mol. The predicted octanol–water partition coefficient (Wildman–Crippen LogP) is 0.578. The topological polar surface area (TPSA) is 87.7 Å². The molecule has 0 saturated carbocycles. The largest absolute Gasteiger partial charge is 0.383 e. The van der Waals surface area contributed by atoms with Crippen molar-refractivity contribution in [2.45, 2.75) is 36.2 Å². The quantitative estimate of drug-likeness (QED) is 0.718. The molecule has 2 unspecified atom stereocenters.